The average molecular weight is 238 g/mol. The molecule has 0 atom stereocenters. The normalized spacial score (nSPS) is 25.3. The lowest BCUT2D eigenvalue weighted by molar-refractivity contribution is -0.199. The zero-order valence-corrected chi connectivity index (χ0v) is 10.8. The standard InChI is InChI=1S/C14H22O3/c1-3-4-6-14(16-10-11-17-14)13(8-9-13)7-5-12(2)15/h5,7H,3-4,6,8-11H2,1-2H3. The summed E-state index contributed by atoms with van der Waals surface area (Å²) in [6.07, 6.45) is 9.02. The molecule has 1 aliphatic carbocycles. The predicted molar refractivity (Wildman–Crippen MR) is 65.6 cm³/mol. The van der Waals surface area contributed by atoms with E-state index in [1.165, 1.54) is 0 Å². The van der Waals surface area contributed by atoms with Gasteiger partial charge in [-0.25, -0.2) is 0 Å². The molecule has 0 radical (unpaired) electrons. The number of rotatable bonds is 6. The lowest BCUT2D eigenvalue weighted by atomic mass is 9.89. The summed E-state index contributed by atoms with van der Waals surface area (Å²) in [5.41, 5.74) is -0.0374. The number of unbranched alkanes of at least 4 members (excludes halogenated alkanes) is 1. The molecule has 0 spiro atoms. The van der Waals surface area contributed by atoms with Crippen molar-refractivity contribution in [2.24, 2.45) is 5.41 Å². The van der Waals surface area contributed by atoms with Gasteiger partial charge in [0, 0.05) is 11.8 Å². The topological polar surface area (TPSA) is 35.5 Å². The van der Waals surface area contributed by atoms with Crippen LogP contribution in [0.4, 0.5) is 0 Å². The van der Waals surface area contributed by atoms with Crippen molar-refractivity contribution < 1.29 is 14.3 Å². The van der Waals surface area contributed by atoms with E-state index in [9.17, 15) is 4.79 Å². The van der Waals surface area contributed by atoms with Crippen LogP contribution in [0.25, 0.3) is 0 Å². The van der Waals surface area contributed by atoms with Crippen molar-refractivity contribution in [3.05, 3.63) is 12.2 Å². The summed E-state index contributed by atoms with van der Waals surface area (Å²) in [5, 5.41) is 0. The molecule has 0 aromatic carbocycles. The molecule has 17 heavy (non-hydrogen) atoms. The van der Waals surface area contributed by atoms with Crippen LogP contribution >= 0.6 is 0 Å². The molecule has 1 saturated carbocycles. The monoisotopic (exact) mass is 238 g/mol. The second-order valence-corrected chi connectivity index (χ2v) is 5.15. The Labute approximate surface area is 103 Å². The van der Waals surface area contributed by atoms with Gasteiger partial charge in [0.25, 0.3) is 0 Å². The van der Waals surface area contributed by atoms with E-state index in [2.05, 4.69) is 6.92 Å². The van der Waals surface area contributed by atoms with E-state index >= 15 is 0 Å². The molecule has 0 aromatic heterocycles. The Morgan fingerprint density at radius 2 is 1.94 bits per heavy atom. The minimum Gasteiger partial charge on any atom is -0.347 e. The molecule has 0 aromatic rings. The fraction of sp³-hybridized carbons (Fsp3) is 0.786. The molecule has 0 amide bonds. The van der Waals surface area contributed by atoms with Crippen molar-refractivity contribution in [2.45, 2.75) is 51.7 Å². The van der Waals surface area contributed by atoms with E-state index in [-0.39, 0.29) is 11.2 Å². The highest BCUT2D eigenvalue weighted by molar-refractivity contribution is 5.87. The van der Waals surface area contributed by atoms with E-state index < -0.39 is 5.79 Å². The third-order valence-electron chi connectivity index (χ3n) is 3.80. The third kappa shape index (κ3) is 2.45. The largest absolute Gasteiger partial charge is 0.347 e. The number of hydrogen-bond acceptors (Lipinski definition) is 3. The van der Waals surface area contributed by atoms with Crippen LogP contribution in [0.15, 0.2) is 12.2 Å². The van der Waals surface area contributed by atoms with Crippen LogP contribution in [-0.4, -0.2) is 24.8 Å². The van der Waals surface area contributed by atoms with E-state index in [4.69, 9.17) is 9.47 Å². The Hall–Kier alpha value is -0.670. The fourth-order valence-corrected chi connectivity index (χ4v) is 2.63. The molecule has 3 heteroatoms. The van der Waals surface area contributed by atoms with E-state index in [0.29, 0.717) is 13.2 Å². The molecule has 1 heterocycles. The van der Waals surface area contributed by atoms with Gasteiger partial charge in [0.2, 0.25) is 0 Å². The highest BCUT2D eigenvalue weighted by atomic mass is 16.7. The molecule has 1 aliphatic heterocycles. The number of carbonyl (C=O) groups excluding carboxylic acids is 1. The van der Waals surface area contributed by atoms with Crippen LogP contribution in [0.5, 0.6) is 0 Å². The van der Waals surface area contributed by atoms with Crippen LogP contribution in [0, 0.1) is 5.41 Å². The third-order valence-corrected chi connectivity index (χ3v) is 3.80. The van der Waals surface area contributed by atoms with E-state index in [1.807, 2.05) is 6.08 Å². The van der Waals surface area contributed by atoms with Gasteiger partial charge in [-0.1, -0.05) is 19.4 Å². The molecule has 0 bridgehead atoms. The van der Waals surface area contributed by atoms with Gasteiger partial charge in [-0.05, 0) is 32.3 Å². The predicted octanol–water partition coefficient (Wildman–Crippen LogP) is 2.85. The Morgan fingerprint density at radius 3 is 2.41 bits per heavy atom. The van der Waals surface area contributed by atoms with Crippen molar-refractivity contribution in [1.82, 2.24) is 0 Å². The highest BCUT2D eigenvalue weighted by Gasteiger charge is 2.61. The van der Waals surface area contributed by atoms with E-state index in [0.717, 1.165) is 32.1 Å². The van der Waals surface area contributed by atoms with Crippen LogP contribution in [0.1, 0.15) is 46.0 Å². The molecular weight excluding hydrogens is 216 g/mol. The molecule has 0 unspecified atom stereocenters. The Balaban J connectivity index is 2.12. The summed E-state index contributed by atoms with van der Waals surface area (Å²) in [7, 11) is 0. The van der Waals surface area contributed by atoms with Gasteiger partial charge < -0.3 is 9.47 Å². The first-order valence-electron chi connectivity index (χ1n) is 6.62. The van der Waals surface area contributed by atoms with Crippen molar-refractivity contribution >= 4 is 5.78 Å². The molecule has 2 fully saturated rings. The molecule has 96 valence electrons. The Morgan fingerprint density at radius 1 is 1.29 bits per heavy atom. The maximum absolute atomic E-state index is 11.1. The smallest absolute Gasteiger partial charge is 0.177 e. The highest BCUT2D eigenvalue weighted by Crippen LogP contribution is 2.60. The molecule has 3 nitrogen and oxygen atoms in total. The van der Waals surface area contributed by atoms with Crippen molar-refractivity contribution in [2.75, 3.05) is 13.2 Å². The molecule has 1 saturated heterocycles. The van der Waals surface area contributed by atoms with Gasteiger partial charge >= 0.3 is 0 Å². The summed E-state index contributed by atoms with van der Waals surface area (Å²) < 4.78 is 11.8. The molecule has 2 aliphatic rings. The van der Waals surface area contributed by atoms with Gasteiger partial charge in [-0.3, -0.25) is 4.79 Å². The number of ether oxygens (including phenoxy) is 2. The zero-order valence-electron chi connectivity index (χ0n) is 10.8. The van der Waals surface area contributed by atoms with Crippen LogP contribution < -0.4 is 0 Å². The number of ketones is 1. The lowest BCUT2D eigenvalue weighted by Gasteiger charge is -2.34. The number of carbonyl (C=O) groups is 1. The summed E-state index contributed by atoms with van der Waals surface area (Å²) >= 11 is 0. The SMILES string of the molecule is CCCCC1(C2(C=CC(C)=O)CC2)OCCO1. The van der Waals surface area contributed by atoms with Crippen molar-refractivity contribution in [3.8, 4) is 0 Å². The molecule has 2 rings (SSSR count). The quantitative estimate of drug-likeness (QED) is 0.667. The summed E-state index contributed by atoms with van der Waals surface area (Å²) in [5.74, 6) is -0.352. The van der Waals surface area contributed by atoms with Gasteiger partial charge in [0.15, 0.2) is 11.6 Å². The lowest BCUT2D eigenvalue weighted by Crippen LogP contribution is -2.40. The van der Waals surface area contributed by atoms with Gasteiger partial charge in [0.1, 0.15) is 0 Å². The minimum absolute atomic E-state index is 0.0374. The first kappa shape index (κ1) is 12.8. The van der Waals surface area contributed by atoms with Crippen molar-refractivity contribution in [1.29, 1.82) is 0 Å². The van der Waals surface area contributed by atoms with E-state index in [1.54, 1.807) is 13.0 Å². The zero-order chi connectivity index (χ0) is 12.4. The number of hydrogen-bond donors (Lipinski definition) is 0. The van der Waals surface area contributed by atoms with Crippen LogP contribution in [-0.2, 0) is 14.3 Å². The Kier molecular flexibility index (Phi) is 3.69. The van der Waals surface area contributed by atoms with Crippen molar-refractivity contribution in [3.63, 3.8) is 0 Å². The van der Waals surface area contributed by atoms with Gasteiger partial charge in [-0.15, -0.1) is 0 Å². The van der Waals surface area contributed by atoms with Crippen LogP contribution in [0.2, 0.25) is 0 Å². The second kappa shape index (κ2) is 4.91. The van der Waals surface area contributed by atoms with Gasteiger partial charge in [-0.2, -0.15) is 0 Å². The minimum atomic E-state index is -0.449. The summed E-state index contributed by atoms with van der Waals surface area (Å²) in [4.78, 5) is 11.1. The summed E-state index contributed by atoms with van der Waals surface area (Å²) in [6, 6.07) is 0. The molecule has 0 N–H and O–H groups in total. The maximum atomic E-state index is 11.1. The average Bonchev–Trinajstić information content (AvgIpc) is 2.96. The van der Waals surface area contributed by atoms with Crippen LogP contribution in [0.3, 0.4) is 0 Å². The second-order valence-electron chi connectivity index (χ2n) is 5.15. The first-order chi connectivity index (χ1) is 8.14. The van der Waals surface area contributed by atoms with Gasteiger partial charge in [0.05, 0.1) is 13.2 Å². The Bertz CT molecular complexity index is 309. The molecular formula is C14H22O3. The maximum Gasteiger partial charge on any atom is 0.177 e. The fourth-order valence-electron chi connectivity index (χ4n) is 2.63. The summed E-state index contributed by atoms with van der Waals surface area (Å²) in [6.45, 7) is 5.12. The number of allylic oxidation sites excluding steroid dienone is 1. The first-order valence-corrected chi connectivity index (χ1v) is 6.62.